The maximum Gasteiger partial charge on any atom is 0.123 e. The number of nitrogens with zero attached hydrogens (tertiary/aromatic N) is 5. The number of hydrogen-bond donors (Lipinski definition) is 0. The first-order chi connectivity index (χ1) is 11.3. The summed E-state index contributed by atoms with van der Waals surface area (Å²) in [6.07, 6.45) is 2.27. The number of aromatic nitrogens is 2. The Morgan fingerprint density at radius 1 is 1.04 bits per heavy atom. The molecule has 6 heteroatoms. The van der Waals surface area contributed by atoms with Gasteiger partial charge in [0.25, 0.3) is 0 Å². The first-order valence-electron chi connectivity index (χ1n) is 8.45. The van der Waals surface area contributed by atoms with Crippen molar-refractivity contribution in [1.82, 2.24) is 24.3 Å². The number of thiophene rings is 1. The van der Waals surface area contributed by atoms with Gasteiger partial charge < -0.3 is 9.47 Å². The Morgan fingerprint density at radius 3 is 2.65 bits per heavy atom. The molecule has 23 heavy (non-hydrogen) atoms. The molecule has 1 fully saturated rings. The number of fused-ring (bicyclic) bond motifs is 1. The SMILES string of the molecule is CN1CCN(Cc2cn3c(n2)CN(Cc2ccsc2)CC3)CC1. The van der Waals surface area contributed by atoms with E-state index < -0.39 is 0 Å². The number of hydrogen-bond acceptors (Lipinski definition) is 5. The van der Waals surface area contributed by atoms with Crippen LogP contribution in [0.3, 0.4) is 0 Å². The quantitative estimate of drug-likeness (QED) is 0.852. The van der Waals surface area contributed by atoms with Crippen LogP contribution >= 0.6 is 11.3 Å². The summed E-state index contributed by atoms with van der Waals surface area (Å²) in [5.74, 6) is 1.23. The van der Waals surface area contributed by atoms with Crippen LogP contribution in [0, 0.1) is 0 Å². The molecule has 0 radical (unpaired) electrons. The van der Waals surface area contributed by atoms with E-state index in [9.17, 15) is 0 Å². The Balaban J connectivity index is 1.37. The second kappa shape index (κ2) is 6.73. The third-order valence-electron chi connectivity index (χ3n) is 4.90. The molecule has 0 aliphatic carbocycles. The van der Waals surface area contributed by atoms with Crippen LogP contribution in [0.15, 0.2) is 23.0 Å². The zero-order valence-electron chi connectivity index (χ0n) is 13.8. The van der Waals surface area contributed by atoms with Crippen molar-refractivity contribution < 1.29 is 0 Å². The van der Waals surface area contributed by atoms with Gasteiger partial charge in [-0.15, -0.1) is 0 Å². The summed E-state index contributed by atoms with van der Waals surface area (Å²) in [6.45, 7) is 9.85. The van der Waals surface area contributed by atoms with Gasteiger partial charge in [0.2, 0.25) is 0 Å². The van der Waals surface area contributed by atoms with Crippen molar-refractivity contribution in [3.63, 3.8) is 0 Å². The molecule has 124 valence electrons. The average Bonchev–Trinajstić information content (AvgIpc) is 3.18. The average molecular weight is 331 g/mol. The molecule has 0 saturated carbocycles. The molecular weight excluding hydrogens is 306 g/mol. The van der Waals surface area contributed by atoms with Gasteiger partial charge in [0.15, 0.2) is 0 Å². The highest BCUT2D eigenvalue weighted by atomic mass is 32.1. The number of likely N-dealkylation sites (N-methyl/N-ethyl adjacent to an activating group) is 1. The second-order valence-corrected chi connectivity index (χ2v) is 7.54. The fourth-order valence-corrected chi connectivity index (χ4v) is 4.11. The molecule has 0 spiro atoms. The van der Waals surface area contributed by atoms with E-state index in [0.717, 1.165) is 45.8 Å². The zero-order chi connectivity index (χ0) is 15.6. The molecular formula is C17H25N5S. The third-order valence-corrected chi connectivity index (χ3v) is 5.63. The van der Waals surface area contributed by atoms with Gasteiger partial charge in [-0.05, 0) is 29.4 Å². The Bertz CT molecular complexity index is 627. The molecule has 0 N–H and O–H groups in total. The van der Waals surface area contributed by atoms with Gasteiger partial charge in [-0.2, -0.15) is 11.3 Å². The normalized spacial score (nSPS) is 20.7. The molecule has 2 aromatic heterocycles. The van der Waals surface area contributed by atoms with E-state index in [1.165, 1.54) is 30.2 Å². The second-order valence-electron chi connectivity index (χ2n) is 6.76. The lowest BCUT2D eigenvalue weighted by Crippen LogP contribution is -2.43. The lowest BCUT2D eigenvalue weighted by molar-refractivity contribution is 0.147. The van der Waals surface area contributed by atoms with Crippen LogP contribution in [0.5, 0.6) is 0 Å². The van der Waals surface area contributed by atoms with E-state index in [4.69, 9.17) is 4.98 Å². The highest BCUT2D eigenvalue weighted by Crippen LogP contribution is 2.18. The molecule has 1 saturated heterocycles. The molecule has 5 nitrogen and oxygen atoms in total. The molecule has 0 aromatic carbocycles. The van der Waals surface area contributed by atoms with Crippen LogP contribution < -0.4 is 0 Å². The van der Waals surface area contributed by atoms with Crippen LogP contribution in [0.2, 0.25) is 0 Å². The molecule has 0 unspecified atom stereocenters. The minimum absolute atomic E-state index is 0.971. The molecule has 4 heterocycles. The van der Waals surface area contributed by atoms with Crippen LogP contribution in [-0.2, 0) is 26.2 Å². The minimum atomic E-state index is 0.971. The first kappa shape index (κ1) is 15.3. The van der Waals surface area contributed by atoms with Gasteiger partial charge in [-0.25, -0.2) is 4.98 Å². The standard InChI is InChI=1S/C17H25N5S/c1-19-3-5-20(6-4-19)11-16-12-22-8-7-21(13-17(22)18-16)10-15-2-9-23-14-15/h2,9,12,14H,3-8,10-11,13H2,1H3. The summed E-state index contributed by atoms with van der Waals surface area (Å²) >= 11 is 1.78. The number of rotatable bonds is 4. The fraction of sp³-hybridized carbons (Fsp3) is 0.588. The van der Waals surface area contributed by atoms with E-state index in [1.54, 1.807) is 11.3 Å². The minimum Gasteiger partial charge on any atom is -0.332 e. The summed E-state index contributed by atoms with van der Waals surface area (Å²) in [5, 5.41) is 4.41. The lowest BCUT2D eigenvalue weighted by Gasteiger charge is -2.31. The smallest absolute Gasteiger partial charge is 0.123 e. The number of imidazole rings is 1. The third kappa shape index (κ3) is 3.66. The predicted octanol–water partition coefficient (Wildman–Crippen LogP) is 1.71. The van der Waals surface area contributed by atoms with Crippen molar-refractivity contribution in [3.05, 3.63) is 40.1 Å². The topological polar surface area (TPSA) is 27.5 Å². The van der Waals surface area contributed by atoms with Crippen molar-refractivity contribution >= 4 is 11.3 Å². The predicted molar refractivity (Wildman–Crippen MR) is 93.4 cm³/mol. The van der Waals surface area contributed by atoms with Crippen molar-refractivity contribution in [1.29, 1.82) is 0 Å². The van der Waals surface area contributed by atoms with Gasteiger partial charge in [0.1, 0.15) is 5.82 Å². The van der Waals surface area contributed by atoms with E-state index >= 15 is 0 Å². The van der Waals surface area contributed by atoms with E-state index in [0.29, 0.717) is 0 Å². The Morgan fingerprint density at radius 2 is 1.87 bits per heavy atom. The molecule has 4 rings (SSSR count). The summed E-state index contributed by atoms with van der Waals surface area (Å²) in [5.41, 5.74) is 2.66. The van der Waals surface area contributed by atoms with Gasteiger partial charge in [-0.3, -0.25) is 9.80 Å². The molecule has 2 aliphatic rings. The van der Waals surface area contributed by atoms with Gasteiger partial charge in [0, 0.05) is 58.6 Å². The van der Waals surface area contributed by atoms with Gasteiger partial charge in [0.05, 0.1) is 12.2 Å². The largest absolute Gasteiger partial charge is 0.332 e. The highest BCUT2D eigenvalue weighted by molar-refractivity contribution is 7.07. The maximum absolute atomic E-state index is 4.91. The molecule has 0 amide bonds. The molecule has 0 atom stereocenters. The van der Waals surface area contributed by atoms with Crippen molar-refractivity contribution in [2.24, 2.45) is 0 Å². The van der Waals surface area contributed by atoms with Gasteiger partial charge >= 0.3 is 0 Å². The van der Waals surface area contributed by atoms with Gasteiger partial charge in [-0.1, -0.05) is 0 Å². The van der Waals surface area contributed by atoms with E-state index in [1.807, 2.05) is 0 Å². The van der Waals surface area contributed by atoms with Crippen molar-refractivity contribution in [2.45, 2.75) is 26.2 Å². The molecule has 2 aliphatic heterocycles. The molecule has 2 aromatic rings. The Hall–Kier alpha value is -1.21. The van der Waals surface area contributed by atoms with Crippen molar-refractivity contribution in [2.75, 3.05) is 39.8 Å². The summed E-state index contributed by atoms with van der Waals surface area (Å²) in [6, 6.07) is 2.23. The maximum atomic E-state index is 4.91. The summed E-state index contributed by atoms with van der Waals surface area (Å²) in [4.78, 5) is 12.3. The van der Waals surface area contributed by atoms with E-state index in [-0.39, 0.29) is 0 Å². The Labute approximate surface area is 142 Å². The highest BCUT2D eigenvalue weighted by Gasteiger charge is 2.20. The first-order valence-corrected chi connectivity index (χ1v) is 9.40. The summed E-state index contributed by atoms with van der Waals surface area (Å²) < 4.78 is 2.36. The van der Waals surface area contributed by atoms with E-state index in [2.05, 4.69) is 49.3 Å². The zero-order valence-corrected chi connectivity index (χ0v) is 14.6. The van der Waals surface area contributed by atoms with Crippen molar-refractivity contribution in [3.8, 4) is 0 Å². The van der Waals surface area contributed by atoms with Crippen LogP contribution in [0.25, 0.3) is 0 Å². The molecule has 0 bridgehead atoms. The van der Waals surface area contributed by atoms with Crippen LogP contribution in [-0.4, -0.2) is 64.0 Å². The van der Waals surface area contributed by atoms with Crippen LogP contribution in [0.1, 0.15) is 17.1 Å². The monoisotopic (exact) mass is 331 g/mol. The number of piperazine rings is 1. The lowest BCUT2D eigenvalue weighted by atomic mass is 10.3. The summed E-state index contributed by atoms with van der Waals surface area (Å²) in [7, 11) is 2.20. The van der Waals surface area contributed by atoms with Crippen LogP contribution in [0.4, 0.5) is 0 Å². The Kier molecular flexibility index (Phi) is 4.48. The fourth-order valence-electron chi connectivity index (χ4n) is 3.45.